The van der Waals surface area contributed by atoms with Crippen LogP contribution in [0.15, 0.2) is 18.2 Å². The van der Waals surface area contributed by atoms with Gasteiger partial charge in [0.25, 0.3) is 0 Å². The zero-order chi connectivity index (χ0) is 16.0. The number of hydrogen-bond donors (Lipinski definition) is 0. The van der Waals surface area contributed by atoms with Gasteiger partial charge in [-0.25, -0.2) is 0 Å². The fourth-order valence-electron chi connectivity index (χ4n) is 3.73. The summed E-state index contributed by atoms with van der Waals surface area (Å²) in [5, 5.41) is 0. The molecular weight excluding hydrogens is 256 g/mol. The molecule has 0 saturated carbocycles. The average molecular weight is 288 g/mol. The van der Waals surface area contributed by atoms with Crippen LogP contribution in [0, 0.1) is 6.67 Å². The number of quaternary nitrogens is 1. The van der Waals surface area contributed by atoms with Crippen molar-refractivity contribution in [2.75, 3.05) is 25.5 Å². The minimum absolute atomic E-state index is 0.151. The fourth-order valence-corrected chi connectivity index (χ4v) is 3.73. The molecule has 1 aliphatic heterocycles. The molecule has 1 fully saturated rings. The Morgan fingerprint density at radius 1 is 1.05 bits per heavy atom. The van der Waals surface area contributed by atoms with Crippen LogP contribution >= 0.6 is 0 Å². The maximum absolute atomic E-state index is 2.54. The Bertz CT molecular complexity index is 486. The highest BCUT2D eigenvalue weighted by molar-refractivity contribution is 5.64. The quantitative estimate of drug-likeness (QED) is 0.574. The largest absolute Gasteiger partial charge is 0.460 e. The molecule has 1 aromatic rings. The van der Waals surface area contributed by atoms with E-state index in [2.05, 4.69) is 85.4 Å². The first-order chi connectivity index (χ1) is 9.55. The molecule has 21 heavy (non-hydrogen) atoms. The van der Waals surface area contributed by atoms with Crippen LogP contribution in [0.2, 0.25) is 0 Å². The molecule has 118 valence electrons. The number of para-hydroxylation sites is 1. The Balaban J connectivity index is 2.61. The maximum Gasteiger partial charge on any atom is 0.0763 e. The summed E-state index contributed by atoms with van der Waals surface area (Å²) in [7, 11) is 4.57. The minimum atomic E-state index is 0.151. The first-order valence-corrected chi connectivity index (χ1v) is 8.16. The molecule has 0 atom stereocenters. The van der Waals surface area contributed by atoms with Crippen LogP contribution in [-0.2, 0) is 0 Å². The normalized spacial score (nSPS) is 20.6. The van der Waals surface area contributed by atoms with Crippen molar-refractivity contribution in [3.8, 4) is 0 Å². The van der Waals surface area contributed by atoms with Crippen LogP contribution in [0.1, 0.15) is 64.5 Å². The van der Waals surface area contributed by atoms with Gasteiger partial charge in [0.15, 0.2) is 0 Å². The summed E-state index contributed by atoms with van der Waals surface area (Å²) in [6.07, 6.45) is 0. The average Bonchev–Trinajstić information content (AvgIpc) is 2.55. The third kappa shape index (κ3) is 3.11. The highest BCUT2D eigenvalue weighted by Gasteiger charge is 2.38. The van der Waals surface area contributed by atoms with E-state index in [0.717, 1.165) is 11.0 Å². The third-order valence-corrected chi connectivity index (χ3v) is 4.46. The lowest BCUT2D eigenvalue weighted by molar-refractivity contribution is -0.851. The van der Waals surface area contributed by atoms with E-state index in [1.807, 2.05) is 0 Å². The summed E-state index contributed by atoms with van der Waals surface area (Å²) in [5.41, 5.74) is 4.52. The van der Waals surface area contributed by atoms with Gasteiger partial charge >= 0.3 is 0 Å². The molecule has 2 heteroatoms. The summed E-state index contributed by atoms with van der Waals surface area (Å²) in [4.78, 5) is 2.54. The Morgan fingerprint density at radius 3 is 1.86 bits per heavy atom. The third-order valence-electron chi connectivity index (χ3n) is 4.46. The van der Waals surface area contributed by atoms with Gasteiger partial charge in [-0.05, 0) is 43.5 Å². The Morgan fingerprint density at radius 2 is 1.52 bits per heavy atom. The molecule has 1 saturated heterocycles. The number of benzene rings is 1. The molecule has 1 aromatic carbocycles. The summed E-state index contributed by atoms with van der Waals surface area (Å²) in [6.45, 7) is 17.4. The zero-order valence-corrected chi connectivity index (χ0v) is 15.1. The van der Waals surface area contributed by atoms with E-state index < -0.39 is 0 Å². The maximum atomic E-state index is 2.54. The van der Waals surface area contributed by atoms with Gasteiger partial charge in [-0.1, -0.05) is 45.9 Å². The van der Waals surface area contributed by atoms with Crippen LogP contribution in [0.3, 0.4) is 0 Å². The Kier molecular flexibility index (Phi) is 4.14. The van der Waals surface area contributed by atoms with Crippen molar-refractivity contribution in [1.29, 1.82) is 0 Å². The van der Waals surface area contributed by atoms with E-state index in [0.29, 0.717) is 11.8 Å². The molecule has 1 heterocycles. The van der Waals surface area contributed by atoms with Crippen LogP contribution < -0.4 is 4.90 Å². The lowest BCUT2D eigenvalue weighted by Gasteiger charge is -2.42. The SMILES string of the molecule is CC(C)c1cccc(C(C)C)c1N1[CH-][N+](C)(C)CC1(C)C. The summed E-state index contributed by atoms with van der Waals surface area (Å²) >= 11 is 0. The standard InChI is InChI=1S/C19H32N2/c1-14(2)16-10-9-11-17(15(3)4)18(16)20-13-21(7,8)12-19(20,5)6/h9-11,13-15H,12H2,1-8H3. The van der Waals surface area contributed by atoms with Crippen LogP contribution in [0.5, 0.6) is 0 Å². The highest BCUT2D eigenvalue weighted by Crippen LogP contribution is 2.43. The molecule has 0 aliphatic carbocycles. The van der Waals surface area contributed by atoms with Gasteiger partial charge in [0.1, 0.15) is 0 Å². The molecule has 0 spiro atoms. The molecular formula is C19H32N2. The van der Waals surface area contributed by atoms with Gasteiger partial charge < -0.3 is 9.38 Å². The number of rotatable bonds is 3. The smallest absolute Gasteiger partial charge is 0.0763 e. The van der Waals surface area contributed by atoms with Crippen molar-refractivity contribution in [3.63, 3.8) is 0 Å². The number of nitrogens with zero attached hydrogens (tertiary/aromatic N) is 2. The molecule has 0 bridgehead atoms. The van der Waals surface area contributed by atoms with E-state index in [4.69, 9.17) is 0 Å². The van der Waals surface area contributed by atoms with Crippen molar-refractivity contribution in [2.24, 2.45) is 0 Å². The molecule has 2 rings (SSSR count). The van der Waals surface area contributed by atoms with Gasteiger partial charge in [-0.3, -0.25) is 0 Å². The molecule has 1 aliphatic rings. The lowest BCUT2D eigenvalue weighted by atomic mass is 9.90. The van der Waals surface area contributed by atoms with Crippen molar-refractivity contribution in [2.45, 2.75) is 58.9 Å². The zero-order valence-electron chi connectivity index (χ0n) is 15.1. The fraction of sp³-hybridized carbons (Fsp3) is 0.632. The Labute approximate surface area is 131 Å². The van der Waals surface area contributed by atoms with Crippen LogP contribution in [-0.4, -0.2) is 30.7 Å². The van der Waals surface area contributed by atoms with E-state index in [1.165, 1.54) is 16.8 Å². The topological polar surface area (TPSA) is 3.24 Å². The highest BCUT2D eigenvalue weighted by atomic mass is 15.5. The predicted molar refractivity (Wildman–Crippen MR) is 92.5 cm³/mol. The molecule has 0 N–H and O–H groups in total. The van der Waals surface area contributed by atoms with Crippen molar-refractivity contribution in [1.82, 2.24) is 0 Å². The molecule has 0 radical (unpaired) electrons. The van der Waals surface area contributed by atoms with E-state index in [-0.39, 0.29) is 5.54 Å². The molecule has 0 amide bonds. The first-order valence-electron chi connectivity index (χ1n) is 8.16. The van der Waals surface area contributed by atoms with Gasteiger partial charge in [0, 0.05) is 19.8 Å². The number of hydrogen-bond acceptors (Lipinski definition) is 1. The molecule has 0 aromatic heterocycles. The Hall–Kier alpha value is -1.02. The predicted octanol–water partition coefficient (Wildman–Crippen LogP) is 4.73. The first kappa shape index (κ1) is 16.4. The van der Waals surface area contributed by atoms with E-state index >= 15 is 0 Å². The number of likely N-dealkylation sites (N-methyl/N-ethyl adjacent to an activating group) is 1. The second kappa shape index (κ2) is 5.31. The van der Waals surface area contributed by atoms with Gasteiger partial charge in [-0.2, -0.15) is 0 Å². The van der Waals surface area contributed by atoms with E-state index in [1.54, 1.807) is 0 Å². The van der Waals surface area contributed by atoms with Crippen molar-refractivity contribution >= 4 is 5.69 Å². The van der Waals surface area contributed by atoms with Crippen molar-refractivity contribution in [3.05, 3.63) is 36.0 Å². The molecule has 2 nitrogen and oxygen atoms in total. The van der Waals surface area contributed by atoms with Gasteiger partial charge in [0.2, 0.25) is 0 Å². The minimum Gasteiger partial charge on any atom is -0.460 e. The number of anilines is 1. The lowest BCUT2D eigenvalue weighted by Crippen LogP contribution is -2.41. The van der Waals surface area contributed by atoms with Gasteiger partial charge in [0.05, 0.1) is 12.1 Å². The summed E-state index contributed by atoms with van der Waals surface area (Å²) < 4.78 is 0.941. The summed E-state index contributed by atoms with van der Waals surface area (Å²) in [5.74, 6) is 1.08. The van der Waals surface area contributed by atoms with Crippen LogP contribution in [0.4, 0.5) is 5.69 Å². The van der Waals surface area contributed by atoms with Crippen molar-refractivity contribution < 1.29 is 4.48 Å². The van der Waals surface area contributed by atoms with Crippen LogP contribution in [0.25, 0.3) is 0 Å². The second-order valence-corrected chi connectivity index (χ2v) is 8.33. The van der Waals surface area contributed by atoms with E-state index in [9.17, 15) is 0 Å². The molecule has 0 unspecified atom stereocenters. The second-order valence-electron chi connectivity index (χ2n) is 8.33. The monoisotopic (exact) mass is 288 g/mol. The summed E-state index contributed by atoms with van der Waals surface area (Å²) in [6, 6.07) is 6.82. The van der Waals surface area contributed by atoms with Gasteiger partial charge in [-0.15, -0.1) is 0 Å².